The fourth-order valence-electron chi connectivity index (χ4n) is 0.165. The van der Waals surface area contributed by atoms with Crippen molar-refractivity contribution in [3.8, 4) is 0 Å². The average Bonchev–Trinajstić information content (AvgIpc) is 1.59. The van der Waals surface area contributed by atoms with E-state index in [0.717, 1.165) is 6.26 Å². The third-order valence-corrected chi connectivity index (χ3v) is 0.885. The predicted octanol–water partition coefficient (Wildman–Crippen LogP) is -1.41. The van der Waals surface area contributed by atoms with Gasteiger partial charge in [0, 0.05) is 6.92 Å². The second-order valence-electron chi connectivity index (χ2n) is 1.56. The van der Waals surface area contributed by atoms with Crippen LogP contribution in [0.4, 0.5) is 0 Å². The van der Waals surface area contributed by atoms with Crippen LogP contribution < -0.4 is 10.3 Å². The molecular formula is C3H8N2O3S. The summed E-state index contributed by atoms with van der Waals surface area (Å²) in [5.41, 5.74) is 1.91. The summed E-state index contributed by atoms with van der Waals surface area (Å²) in [6.07, 6.45) is 0.947. The quantitative estimate of drug-likeness (QED) is 0.477. The Kier molecular flexibility index (Phi) is 2.60. The number of amides is 1. The van der Waals surface area contributed by atoms with Crippen molar-refractivity contribution in [1.29, 1.82) is 0 Å². The van der Waals surface area contributed by atoms with E-state index in [0.29, 0.717) is 0 Å². The minimum atomic E-state index is -3.30. The van der Waals surface area contributed by atoms with Gasteiger partial charge in [-0.15, -0.1) is 4.83 Å². The summed E-state index contributed by atoms with van der Waals surface area (Å²) in [7, 11) is -3.30. The molecule has 0 rings (SSSR count). The van der Waals surface area contributed by atoms with E-state index in [1.807, 2.05) is 5.43 Å². The van der Waals surface area contributed by atoms with Gasteiger partial charge in [0.25, 0.3) is 0 Å². The van der Waals surface area contributed by atoms with Crippen LogP contribution in [0.3, 0.4) is 0 Å². The molecule has 0 aliphatic rings. The number of sulfonamides is 1. The summed E-state index contributed by atoms with van der Waals surface area (Å²) in [6, 6.07) is 0. The molecule has 0 atom stereocenters. The molecule has 0 unspecified atom stereocenters. The Bertz CT molecular complexity index is 195. The van der Waals surface area contributed by atoms with Gasteiger partial charge in [-0.2, -0.15) is 0 Å². The number of carbonyl (C=O) groups is 1. The van der Waals surface area contributed by atoms with Gasteiger partial charge in [0.05, 0.1) is 6.26 Å². The van der Waals surface area contributed by atoms with Gasteiger partial charge in [0.2, 0.25) is 15.9 Å². The van der Waals surface area contributed by atoms with E-state index in [1.165, 1.54) is 6.92 Å². The Morgan fingerprint density at radius 1 is 1.44 bits per heavy atom. The Labute approximate surface area is 53.5 Å². The molecule has 0 bridgehead atoms. The third-order valence-electron chi connectivity index (χ3n) is 0.412. The van der Waals surface area contributed by atoms with E-state index in [4.69, 9.17) is 0 Å². The van der Waals surface area contributed by atoms with E-state index in [1.54, 1.807) is 4.83 Å². The van der Waals surface area contributed by atoms with Gasteiger partial charge >= 0.3 is 0 Å². The lowest BCUT2D eigenvalue weighted by atomic mass is 10.8. The normalized spacial score (nSPS) is 10.9. The minimum absolute atomic E-state index is 0.444. The fourth-order valence-corrected chi connectivity index (χ4v) is 0.494. The van der Waals surface area contributed by atoms with Crippen LogP contribution in [0.5, 0.6) is 0 Å². The van der Waals surface area contributed by atoms with Crippen LogP contribution in [-0.2, 0) is 14.8 Å². The second-order valence-corrected chi connectivity index (χ2v) is 3.30. The maximum atomic E-state index is 10.2. The highest BCUT2D eigenvalue weighted by atomic mass is 32.2. The Morgan fingerprint density at radius 3 is 2.00 bits per heavy atom. The Morgan fingerprint density at radius 2 is 1.89 bits per heavy atom. The van der Waals surface area contributed by atoms with Gasteiger partial charge in [0.15, 0.2) is 0 Å². The van der Waals surface area contributed by atoms with Crippen molar-refractivity contribution in [2.75, 3.05) is 6.26 Å². The molecule has 2 N–H and O–H groups in total. The maximum absolute atomic E-state index is 10.2. The van der Waals surface area contributed by atoms with Crippen molar-refractivity contribution in [2.24, 2.45) is 0 Å². The molecule has 0 aromatic rings. The monoisotopic (exact) mass is 152 g/mol. The van der Waals surface area contributed by atoms with Crippen LogP contribution in [0.1, 0.15) is 6.92 Å². The smallest absolute Gasteiger partial charge is 0.231 e. The van der Waals surface area contributed by atoms with E-state index >= 15 is 0 Å². The molecule has 1 amide bonds. The van der Waals surface area contributed by atoms with Crippen molar-refractivity contribution in [1.82, 2.24) is 10.3 Å². The van der Waals surface area contributed by atoms with Gasteiger partial charge in [0.1, 0.15) is 0 Å². The second kappa shape index (κ2) is 2.79. The van der Waals surface area contributed by atoms with Gasteiger partial charge in [-0.3, -0.25) is 10.2 Å². The molecule has 0 aromatic carbocycles. The lowest BCUT2D eigenvalue weighted by Gasteiger charge is -1.98. The zero-order chi connectivity index (χ0) is 7.49. The Balaban J connectivity index is 3.67. The molecule has 0 aliphatic carbocycles. The van der Waals surface area contributed by atoms with Crippen LogP contribution in [0, 0.1) is 0 Å². The summed E-state index contributed by atoms with van der Waals surface area (Å²) in [6.45, 7) is 1.21. The molecule has 0 spiro atoms. The zero-order valence-electron chi connectivity index (χ0n) is 5.13. The number of hydrogen-bond acceptors (Lipinski definition) is 3. The van der Waals surface area contributed by atoms with Crippen LogP contribution in [-0.4, -0.2) is 20.6 Å². The number of hydrazine groups is 1. The van der Waals surface area contributed by atoms with Gasteiger partial charge < -0.3 is 0 Å². The lowest BCUT2D eigenvalue weighted by Crippen LogP contribution is -2.39. The van der Waals surface area contributed by atoms with Crippen molar-refractivity contribution in [3.05, 3.63) is 0 Å². The van der Waals surface area contributed by atoms with E-state index < -0.39 is 15.9 Å². The first kappa shape index (κ1) is 8.38. The summed E-state index contributed by atoms with van der Waals surface area (Å²) < 4.78 is 20.4. The van der Waals surface area contributed by atoms with Crippen molar-refractivity contribution in [2.45, 2.75) is 6.92 Å². The summed E-state index contributed by atoms with van der Waals surface area (Å²) >= 11 is 0. The van der Waals surface area contributed by atoms with Crippen molar-refractivity contribution in [3.63, 3.8) is 0 Å². The molecule has 54 valence electrons. The van der Waals surface area contributed by atoms with Crippen LogP contribution in [0.2, 0.25) is 0 Å². The van der Waals surface area contributed by atoms with Crippen molar-refractivity contribution >= 4 is 15.9 Å². The van der Waals surface area contributed by atoms with Gasteiger partial charge in [-0.1, -0.05) is 0 Å². The first-order valence-corrected chi connectivity index (χ1v) is 4.04. The molecule has 0 heterocycles. The predicted molar refractivity (Wildman–Crippen MR) is 31.8 cm³/mol. The molecule has 9 heavy (non-hydrogen) atoms. The zero-order valence-corrected chi connectivity index (χ0v) is 5.95. The number of carbonyl (C=O) groups excluding carboxylic acids is 1. The van der Waals surface area contributed by atoms with Gasteiger partial charge in [-0.05, 0) is 0 Å². The van der Waals surface area contributed by atoms with E-state index in [2.05, 4.69) is 0 Å². The number of rotatable bonds is 2. The first-order chi connectivity index (χ1) is 3.92. The summed E-state index contributed by atoms with van der Waals surface area (Å²) in [5, 5.41) is 0. The molecule has 0 aromatic heterocycles. The average molecular weight is 152 g/mol. The van der Waals surface area contributed by atoms with Crippen molar-refractivity contribution < 1.29 is 13.2 Å². The molecule has 6 heteroatoms. The van der Waals surface area contributed by atoms with E-state index in [9.17, 15) is 13.2 Å². The van der Waals surface area contributed by atoms with Gasteiger partial charge in [-0.25, -0.2) is 8.42 Å². The molecule has 0 radical (unpaired) electrons. The molecule has 0 aliphatic heterocycles. The maximum Gasteiger partial charge on any atom is 0.231 e. The van der Waals surface area contributed by atoms with Crippen LogP contribution in [0.15, 0.2) is 0 Å². The summed E-state index contributed by atoms with van der Waals surface area (Å²) in [4.78, 5) is 11.8. The molecule has 0 saturated carbocycles. The number of hydrogen-bond donors (Lipinski definition) is 2. The highest BCUT2D eigenvalue weighted by molar-refractivity contribution is 7.88. The SMILES string of the molecule is CC(=O)NNS(C)(=O)=O. The largest absolute Gasteiger partial charge is 0.278 e. The molecule has 0 saturated heterocycles. The van der Waals surface area contributed by atoms with Crippen LogP contribution >= 0.6 is 0 Å². The minimum Gasteiger partial charge on any atom is -0.278 e. The molecular weight excluding hydrogens is 144 g/mol. The highest BCUT2D eigenvalue weighted by Crippen LogP contribution is 1.66. The van der Waals surface area contributed by atoms with E-state index in [-0.39, 0.29) is 0 Å². The summed E-state index contributed by atoms with van der Waals surface area (Å²) in [5.74, 6) is -0.444. The topological polar surface area (TPSA) is 75.3 Å². The Hall–Kier alpha value is -0.620. The van der Waals surface area contributed by atoms with Crippen LogP contribution in [0.25, 0.3) is 0 Å². The number of nitrogens with one attached hydrogen (secondary N) is 2. The lowest BCUT2D eigenvalue weighted by molar-refractivity contribution is -0.119. The molecule has 5 nitrogen and oxygen atoms in total. The standard InChI is InChI=1S/C3H8N2O3S/c1-3(6)4-5-9(2,7)8/h5H,1-2H3,(H,4,6). The fraction of sp³-hybridized carbons (Fsp3) is 0.667. The highest BCUT2D eigenvalue weighted by Gasteiger charge is 1.98. The first-order valence-electron chi connectivity index (χ1n) is 2.15. The third kappa shape index (κ3) is 7.38. The molecule has 0 fully saturated rings.